The van der Waals surface area contributed by atoms with Crippen LogP contribution in [0.4, 0.5) is 0 Å². The van der Waals surface area contributed by atoms with Gasteiger partial charge in [0.1, 0.15) is 5.69 Å². The van der Waals surface area contributed by atoms with Gasteiger partial charge in [0.25, 0.3) is 5.91 Å². The molecule has 0 unspecified atom stereocenters. The summed E-state index contributed by atoms with van der Waals surface area (Å²) < 4.78 is 0. The van der Waals surface area contributed by atoms with E-state index in [1.807, 2.05) is 36.1 Å². The minimum absolute atomic E-state index is 0.0172. The molecular weight excluding hydrogens is 424 g/mol. The Bertz CT molecular complexity index is 951. The van der Waals surface area contributed by atoms with Gasteiger partial charge in [-0.05, 0) is 69.3 Å². The smallest absolute Gasteiger partial charge is 0.270 e. The predicted molar refractivity (Wildman–Crippen MR) is 129 cm³/mol. The van der Waals surface area contributed by atoms with Crippen molar-refractivity contribution in [3.05, 3.63) is 35.0 Å². The van der Waals surface area contributed by atoms with Crippen LogP contribution in [0.25, 0.3) is 10.9 Å². The number of piperidine rings is 2. The molecule has 2 amide bonds. The molecule has 0 bridgehead atoms. The van der Waals surface area contributed by atoms with Crippen LogP contribution in [0.3, 0.4) is 0 Å². The first kappa shape index (κ1) is 23.1. The Balaban J connectivity index is 1.24. The van der Waals surface area contributed by atoms with E-state index in [-0.39, 0.29) is 17.7 Å². The molecule has 2 N–H and O–H groups in total. The number of rotatable bonds is 6. The Hall–Kier alpha value is -2.05. The number of hydrogen-bond acceptors (Lipinski definition) is 3. The van der Waals surface area contributed by atoms with Gasteiger partial charge in [0.05, 0.1) is 0 Å². The minimum Gasteiger partial charge on any atom is -0.355 e. The average Bonchev–Trinajstić information content (AvgIpc) is 3.22. The third kappa shape index (κ3) is 5.29. The summed E-state index contributed by atoms with van der Waals surface area (Å²) in [6, 6.07) is 8.07. The Morgan fingerprint density at radius 1 is 1.16 bits per heavy atom. The fourth-order valence-electron chi connectivity index (χ4n) is 5.18. The number of hydrogen-bond donors (Lipinski definition) is 2. The van der Waals surface area contributed by atoms with E-state index in [9.17, 15) is 9.59 Å². The first-order chi connectivity index (χ1) is 15.4. The molecule has 174 valence electrons. The number of aromatic amines is 1. The number of fused-ring (bicyclic) bond motifs is 1. The molecule has 0 aliphatic carbocycles. The zero-order valence-corrected chi connectivity index (χ0v) is 20.0. The second kappa shape index (κ2) is 10.3. The summed E-state index contributed by atoms with van der Waals surface area (Å²) in [6.07, 6.45) is 5.55. The third-order valence-corrected chi connectivity index (χ3v) is 7.63. The molecule has 6 nitrogen and oxygen atoms in total. The first-order valence-electron chi connectivity index (χ1n) is 12.0. The highest BCUT2D eigenvalue weighted by Crippen LogP contribution is 2.27. The van der Waals surface area contributed by atoms with Crippen molar-refractivity contribution < 1.29 is 9.59 Å². The number of nitrogens with zero attached hydrogens (tertiary/aromatic N) is 2. The largest absolute Gasteiger partial charge is 0.355 e. The van der Waals surface area contributed by atoms with Gasteiger partial charge in [0, 0.05) is 54.1 Å². The van der Waals surface area contributed by atoms with Crippen LogP contribution in [-0.2, 0) is 4.79 Å². The molecule has 2 fully saturated rings. The monoisotopic (exact) mass is 458 g/mol. The van der Waals surface area contributed by atoms with Crippen LogP contribution in [0.5, 0.6) is 0 Å². The summed E-state index contributed by atoms with van der Waals surface area (Å²) in [4.78, 5) is 33.2. The van der Waals surface area contributed by atoms with Gasteiger partial charge in [0.15, 0.2) is 0 Å². The number of likely N-dealkylation sites (tertiary alicyclic amines) is 2. The molecule has 1 aromatic carbocycles. The summed E-state index contributed by atoms with van der Waals surface area (Å²) >= 11 is 6.06. The van der Waals surface area contributed by atoms with Gasteiger partial charge in [-0.3, -0.25) is 14.5 Å². The predicted octanol–water partition coefficient (Wildman–Crippen LogP) is 4.30. The van der Waals surface area contributed by atoms with Crippen LogP contribution < -0.4 is 5.32 Å². The lowest BCUT2D eigenvalue weighted by Gasteiger charge is -2.35. The van der Waals surface area contributed by atoms with E-state index in [0.29, 0.717) is 35.8 Å². The van der Waals surface area contributed by atoms with Crippen LogP contribution in [-0.4, -0.2) is 65.4 Å². The second-order valence-corrected chi connectivity index (χ2v) is 9.94. The number of amides is 2. The van der Waals surface area contributed by atoms with Crippen molar-refractivity contribution in [2.24, 2.45) is 11.8 Å². The maximum Gasteiger partial charge on any atom is 0.270 e. The van der Waals surface area contributed by atoms with Crippen LogP contribution in [0.2, 0.25) is 5.02 Å². The molecule has 2 saturated heterocycles. The summed E-state index contributed by atoms with van der Waals surface area (Å²) in [5, 5.41) is 4.76. The van der Waals surface area contributed by atoms with Crippen molar-refractivity contribution in [2.75, 3.05) is 32.7 Å². The Morgan fingerprint density at radius 2 is 1.94 bits per heavy atom. The van der Waals surface area contributed by atoms with Gasteiger partial charge in [-0.15, -0.1) is 0 Å². The molecule has 2 aliphatic rings. The van der Waals surface area contributed by atoms with E-state index in [4.69, 9.17) is 11.6 Å². The molecule has 1 aromatic heterocycles. The van der Waals surface area contributed by atoms with Gasteiger partial charge in [-0.1, -0.05) is 24.9 Å². The van der Waals surface area contributed by atoms with E-state index >= 15 is 0 Å². The van der Waals surface area contributed by atoms with Crippen LogP contribution in [0.15, 0.2) is 24.3 Å². The summed E-state index contributed by atoms with van der Waals surface area (Å²) in [5.41, 5.74) is 1.51. The van der Waals surface area contributed by atoms with Crippen molar-refractivity contribution in [2.45, 2.75) is 52.0 Å². The maximum atomic E-state index is 13.0. The van der Waals surface area contributed by atoms with E-state index in [0.717, 1.165) is 43.4 Å². The molecule has 2 aliphatic heterocycles. The molecule has 7 heteroatoms. The fraction of sp³-hybridized carbons (Fsp3) is 0.600. The van der Waals surface area contributed by atoms with E-state index in [1.165, 1.54) is 19.3 Å². The van der Waals surface area contributed by atoms with Gasteiger partial charge < -0.3 is 15.2 Å². The summed E-state index contributed by atoms with van der Waals surface area (Å²) in [5.74, 6) is 0.450. The highest BCUT2D eigenvalue weighted by Gasteiger charge is 2.30. The van der Waals surface area contributed by atoms with Crippen LogP contribution in [0.1, 0.15) is 56.4 Å². The first-order valence-corrected chi connectivity index (χ1v) is 12.4. The topological polar surface area (TPSA) is 68.4 Å². The average molecular weight is 459 g/mol. The summed E-state index contributed by atoms with van der Waals surface area (Å²) in [7, 11) is 0. The number of aromatic nitrogens is 1. The third-order valence-electron chi connectivity index (χ3n) is 7.40. The van der Waals surface area contributed by atoms with Crippen molar-refractivity contribution in [3.8, 4) is 0 Å². The Labute approximate surface area is 195 Å². The van der Waals surface area contributed by atoms with Gasteiger partial charge >= 0.3 is 0 Å². The van der Waals surface area contributed by atoms with E-state index in [2.05, 4.69) is 22.1 Å². The fourth-order valence-corrected chi connectivity index (χ4v) is 5.36. The van der Waals surface area contributed by atoms with E-state index in [1.54, 1.807) is 0 Å². The molecule has 0 saturated carbocycles. The summed E-state index contributed by atoms with van der Waals surface area (Å²) in [6.45, 7) is 8.47. The maximum absolute atomic E-state index is 13.0. The highest BCUT2D eigenvalue weighted by molar-refractivity contribution is 6.31. The zero-order chi connectivity index (χ0) is 22.7. The minimum atomic E-state index is -0.0266. The molecule has 32 heavy (non-hydrogen) atoms. The zero-order valence-electron chi connectivity index (χ0n) is 19.2. The molecular formula is C25H35ClN4O2. The molecule has 3 heterocycles. The van der Waals surface area contributed by atoms with Gasteiger partial charge in [0.2, 0.25) is 5.91 Å². The van der Waals surface area contributed by atoms with E-state index < -0.39 is 0 Å². The van der Waals surface area contributed by atoms with Crippen molar-refractivity contribution in [3.63, 3.8) is 0 Å². The SMILES string of the molecule is C[C@@H]1CCCCN1CCNC(=O)[C@H](C)C1CCN(C(=O)c2cc3cc(Cl)ccc3[nH]2)CC1. The van der Waals surface area contributed by atoms with Crippen LogP contribution in [0, 0.1) is 11.8 Å². The number of H-pyrrole nitrogens is 1. The molecule has 0 radical (unpaired) electrons. The number of carbonyl (C=O) groups excluding carboxylic acids is 2. The van der Waals surface area contributed by atoms with Crippen molar-refractivity contribution in [1.82, 2.24) is 20.1 Å². The Morgan fingerprint density at radius 3 is 2.69 bits per heavy atom. The standard InChI is InChI=1S/C25H35ClN4O2/c1-17-5-3-4-11-29(17)14-10-27-24(31)18(2)19-8-12-30(13-9-19)25(32)23-16-20-15-21(26)6-7-22(20)28-23/h6-7,15-19,28H,3-5,8-14H2,1-2H3,(H,27,31)/t17-,18-/m1/s1. The molecule has 4 rings (SSSR count). The van der Waals surface area contributed by atoms with Gasteiger partial charge in [-0.25, -0.2) is 0 Å². The number of halogens is 1. The number of nitrogens with one attached hydrogen (secondary N) is 2. The second-order valence-electron chi connectivity index (χ2n) is 9.50. The lowest BCUT2D eigenvalue weighted by molar-refractivity contribution is -0.126. The van der Waals surface area contributed by atoms with Crippen molar-refractivity contribution in [1.29, 1.82) is 0 Å². The Kier molecular flexibility index (Phi) is 7.41. The van der Waals surface area contributed by atoms with Gasteiger partial charge in [-0.2, -0.15) is 0 Å². The van der Waals surface area contributed by atoms with Crippen molar-refractivity contribution >= 4 is 34.3 Å². The number of benzene rings is 1. The quantitative estimate of drug-likeness (QED) is 0.678. The number of carbonyl (C=O) groups is 2. The highest BCUT2D eigenvalue weighted by atomic mass is 35.5. The normalized spacial score (nSPS) is 21.6. The van der Waals surface area contributed by atoms with Crippen LogP contribution >= 0.6 is 11.6 Å². The molecule has 2 atom stereocenters. The molecule has 2 aromatic rings. The molecule has 0 spiro atoms. The lowest BCUT2D eigenvalue weighted by Crippen LogP contribution is -2.45. The lowest BCUT2D eigenvalue weighted by atomic mass is 9.84.